The van der Waals surface area contributed by atoms with Gasteiger partial charge in [-0.25, -0.2) is 4.68 Å². The molecular weight excluding hydrogens is 336 g/mol. The number of carbonyl (C=O) groups is 1. The molecule has 1 aromatic carbocycles. The zero-order chi connectivity index (χ0) is 15.2. The van der Waals surface area contributed by atoms with Crippen molar-refractivity contribution in [1.82, 2.24) is 20.2 Å². The van der Waals surface area contributed by atoms with Crippen LogP contribution in [-0.2, 0) is 17.8 Å². The predicted molar refractivity (Wildman–Crippen MR) is 80.8 cm³/mol. The number of hydrogen-bond donors (Lipinski definition) is 1. The second kappa shape index (κ2) is 7.31. The molecule has 1 unspecified atom stereocenters. The molecule has 0 fully saturated rings. The van der Waals surface area contributed by atoms with Gasteiger partial charge >= 0.3 is 5.97 Å². The number of benzene rings is 1. The lowest BCUT2D eigenvalue weighted by Gasteiger charge is -2.13. The van der Waals surface area contributed by atoms with E-state index in [2.05, 4.69) is 31.5 Å². The van der Waals surface area contributed by atoms with Gasteiger partial charge in [-0.2, -0.15) is 0 Å². The van der Waals surface area contributed by atoms with E-state index in [1.54, 1.807) is 4.68 Å². The maximum atomic E-state index is 10.8. The third-order valence-corrected chi connectivity index (χ3v) is 3.82. The molecule has 0 saturated heterocycles. The van der Waals surface area contributed by atoms with Gasteiger partial charge in [0.15, 0.2) is 5.82 Å². The lowest BCUT2D eigenvalue weighted by molar-refractivity contribution is -0.138. The van der Waals surface area contributed by atoms with Crippen molar-refractivity contribution in [2.24, 2.45) is 5.92 Å². The summed E-state index contributed by atoms with van der Waals surface area (Å²) in [5.41, 5.74) is 1.10. The molecule has 6 nitrogen and oxygen atoms in total. The maximum absolute atomic E-state index is 10.8. The summed E-state index contributed by atoms with van der Waals surface area (Å²) in [7, 11) is 0. The number of aromatic nitrogens is 4. The van der Waals surface area contributed by atoms with Crippen LogP contribution in [0.15, 0.2) is 28.7 Å². The number of nitrogens with zero attached hydrogens (tertiary/aromatic N) is 4. The summed E-state index contributed by atoms with van der Waals surface area (Å²) in [5, 5.41) is 20.7. The molecular formula is C14H17BrN4O2. The van der Waals surface area contributed by atoms with Crippen LogP contribution in [-0.4, -0.2) is 31.3 Å². The van der Waals surface area contributed by atoms with Crippen LogP contribution >= 0.6 is 15.9 Å². The zero-order valence-corrected chi connectivity index (χ0v) is 13.3. The molecule has 1 N–H and O–H groups in total. The molecule has 2 rings (SSSR count). The number of rotatable bonds is 7. The number of hydrogen-bond acceptors (Lipinski definition) is 4. The molecule has 1 aromatic heterocycles. The Balaban J connectivity index is 2.09. The third kappa shape index (κ3) is 4.63. The first-order valence-electron chi connectivity index (χ1n) is 6.79. The smallest absolute Gasteiger partial charge is 0.303 e. The van der Waals surface area contributed by atoms with Gasteiger partial charge in [0.1, 0.15) is 0 Å². The Bertz CT molecular complexity index is 615. The Morgan fingerprint density at radius 1 is 1.48 bits per heavy atom. The minimum atomic E-state index is -0.788. The molecule has 0 spiro atoms. The molecule has 0 bridgehead atoms. The summed E-state index contributed by atoms with van der Waals surface area (Å²) >= 11 is 3.44. The van der Waals surface area contributed by atoms with E-state index in [-0.39, 0.29) is 12.3 Å². The third-order valence-electron chi connectivity index (χ3n) is 3.33. The van der Waals surface area contributed by atoms with Crippen LogP contribution in [0.4, 0.5) is 0 Å². The van der Waals surface area contributed by atoms with Gasteiger partial charge in [-0.1, -0.05) is 41.4 Å². The van der Waals surface area contributed by atoms with Crippen molar-refractivity contribution in [3.8, 4) is 0 Å². The van der Waals surface area contributed by atoms with E-state index in [1.807, 2.05) is 31.2 Å². The summed E-state index contributed by atoms with van der Waals surface area (Å²) in [5.74, 6) is -0.00679. The largest absolute Gasteiger partial charge is 0.481 e. The molecule has 112 valence electrons. The predicted octanol–water partition coefficient (Wildman–Crippen LogP) is 2.53. The van der Waals surface area contributed by atoms with Gasteiger partial charge < -0.3 is 5.11 Å². The van der Waals surface area contributed by atoms with Crippen molar-refractivity contribution in [2.45, 2.75) is 32.7 Å². The van der Waals surface area contributed by atoms with E-state index in [0.717, 1.165) is 22.3 Å². The monoisotopic (exact) mass is 352 g/mol. The summed E-state index contributed by atoms with van der Waals surface area (Å²) in [6.07, 6.45) is 1.53. The van der Waals surface area contributed by atoms with Crippen LogP contribution in [0.1, 0.15) is 31.2 Å². The first-order chi connectivity index (χ1) is 10.1. The second-order valence-electron chi connectivity index (χ2n) is 4.96. The molecule has 0 amide bonds. The van der Waals surface area contributed by atoms with Crippen LogP contribution < -0.4 is 0 Å². The van der Waals surface area contributed by atoms with Gasteiger partial charge in [-0.05, 0) is 34.0 Å². The fourth-order valence-electron chi connectivity index (χ4n) is 2.15. The van der Waals surface area contributed by atoms with Gasteiger partial charge in [-0.3, -0.25) is 4.79 Å². The van der Waals surface area contributed by atoms with Crippen molar-refractivity contribution in [2.75, 3.05) is 0 Å². The Morgan fingerprint density at radius 3 is 2.95 bits per heavy atom. The van der Waals surface area contributed by atoms with E-state index in [0.29, 0.717) is 13.0 Å². The summed E-state index contributed by atoms with van der Waals surface area (Å²) in [4.78, 5) is 10.8. The highest BCUT2D eigenvalue weighted by molar-refractivity contribution is 9.10. The Hall–Kier alpha value is -1.76. The summed E-state index contributed by atoms with van der Waals surface area (Å²) in [6.45, 7) is 2.51. The van der Waals surface area contributed by atoms with Crippen LogP contribution in [0.3, 0.4) is 0 Å². The highest BCUT2D eigenvalue weighted by Gasteiger charge is 2.15. The van der Waals surface area contributed by atoms with Crippen molar-refractivity contribution in [1.29, 1.82) is 0 Å². The maximum Gasteiger partial charge on any atom is 0.303 e. The van der Waals surface area contributed by atoms with E-state index >= 15 is 0 Å². The quantitative estimate of drug-likeness (QED) is 0.827. The molecule has 2 aromatic rings. The Morgan fingerprint density at radius 2 is 2.29 bits per heavy atom. The number of carboxylic acid groups (broad SMARTS) is 1. The Kier molecular flexibility index (Phi) is 5.44. The molecule has 0 aliphatic heterocycles. The minimum Gasteiger partial charge on any atom is -0.481 e. The fraction of sp³-hybridized carbons (Fsp3) is 0.429. The standard InChI is InChI=1S/C14H17BrN4O2/c1-2-10(8-14(20)21)9-19-13(16-17-18-19)7-11-4-3-5-12(15)6-11/h3-6,10H,2,7-9H2,1H3,(H,20,21). The van der Waals surface area contributed by atoms with Gasteiger partial charge in [-0.15, -0.1) is 5.10 Å². The SMILES string of the molecule is CCC(CC(=O)O)Cn1nnnc1Cc1cccc(Br)c1. The molecule has 21 heavy (non-hydrogen) atoms. The van der Waals surface area contributed by atoms with Gasteiger partial charge in [0.05, 0.1) is 0 Å². The second-order valence-corrected chi connectivity index (χ2v) is 5.87. The van der Waals surface area contributed by atoms with Crippen LogP contribution in [0.25, 0.3) is 0 Å². The lowest BCUT2D eigenvalue weighted by atomic mass is 10.0. The van der Waals surface area contributed by atoms with Gasteiger partial charge in [0.2, 0.25) is 0 Å². The topological polar surface area (TPSA) is 80.9 Å². The van der Waals surface area contributed by atoms with E-state index in [1.165, 1.54) is 0 Å². The highest BCUT2D eigenvalue weighted by Crippen LogP contribution is 2.16. The van der Waals surface area contributed by atoms with Crippen molar-refractivity contribution < 1.29 is 9.90 Å². The summed E-state index contributed by atoms with van der Waals surface area (Å²) < 4.78 is 2.72. The van der Waals surface area contributed by atoms with Gasteiger partial charge in [0.25, 0.3) is 0 Å². The van der Waals surface area contributed by atoms with Crippen molar-refractivity contribution in [3.63, 3.8) is 0 Å². The first-order valence-corrected chi connectivity index (χ1v) is 7.59. The molecule has 0 saturated carbocycles. The molecule has 0 radical (unpaired) electrons. The molecule has 0 aliphatic rings. The molecule has 0 aliphatic carbocycles. The lowest BCUT2D eigenvalue weighted by Crippen LogP contribution is -2.17. The number of carboxylic acids is 1. The first kappa shape index (κ1) is 15.6. The highest BCUT2D eigenvalue weighted by atomic mass is 79.9. The minimum absolute atomic E-state index is 0.0345. The van der Waals surface area contributed by atoms with E-state index in [4.69, 9.17) is 5.11 Å². The summed E-state index contributed by atoms with van der Waals surface area (Å²) in [6, 6.07) is 7.96. The van der Waals surface area contributed by atoms with Gasteiger partial charge in [0, 0.05) is 23.9 Å². The zero-order valence-electron chi connectivity index (χ0n) is 11.7. The number of halogens is 1. The van der Waals surface area contributed by atoms with Crippen molar-refractivity contribution >= 4 is 21.9 Å². The fourth-order valence-corrected chi connectivity index (χ4v) is 2.60. The average molecular weight is 353 g/mol. The van der Waals surface area contributed by atoms with E-state index in [9.17, 15) is 4.79 Å². The van der Waals surface area contributed by atoms with Crippen LogP contribution in [0.2, 0.25) is 0 Å². The van der Waals surface area contributed by atoms with Crippen LogP contribution in [0, 0.1) is 5.92 Å². The van der Waals surface area contributed by atoms with E-state index < -0.39 is 5.97 Å². The number of tetrazole rings is 1. The molecule has 1 atom stereocenters. The molecule has 1 heterocycles. The Labute approximate surface area is 131 Å². The normalized spacial score (nSPS) is 12.3. The van der Waals surface area contributed by atoms with Crippen molar-refractivity contribution in [3.05, 3.63) is 40.1 Å². The molecule has 7 heteroatoms. The number of aliphatic carboxylic acids is 1. The van der Waals surface area contributed by atoms with Crippen LogP contribution in [0.5, 0.6) is 0 Å². The average Bonchev–Trinajstić information content (AvgIpc) is 2.84.